The number of furan rings is 1. The van der Waals surface area contributed by atoms with Gasteiger partial charge in [0.2, 0.25) is 5.69 Å². The molecule has 5 nitrogen and oxygen atoms in total. The molecule has 0 aliphatic carbocycles. The molecule has 0 radical (unpaired) electrons. The second-order valence-corrected chi connectivity index (χ2v) is 20.2. The Kier molecular flexibility index (Phi) is 8.10. The normalized spacial score (nSPS) is 12.0. The Morgan fingerprint density at radius 2 is 1.01 bits per heavy atom. The topological polar surface area (TPSA) is 51.1 Å². The highest BCUT2D eigenvalue weighted by Crippen LogP contribution is 2.55. The first-order valence-corrected chi connectivity index (χ1v) is 24.9. The molecule has 5 heterocycles. The zero-order valence-electron chi connectivity index (χ0n) is 37.4. The molecule has 15 aromatic rings. The molecule has 0 bridgehead atoms. The lowest BCUT2D eigenvalue weighted by Gasteiger charge is -2.26. The summed E-state index contributed by atoms with van der Waals surface area (Å²) in [5.74, 6) is 0. The quantitative estimate of drug-likeness (QED) is 0.165. The molecule has 0 spiro atoms. The Bertz CT molecular complexity index is 4730. The fraction of sp³-hybridized carbons (Fsp3) is 0.0159. The van der Waals surface area contributed by atoms with Gasteiger partial charge < -0.3 is 13.6 Å². The van der Waals surface area contributed by atoms with E-state index in [1.165, 1.54) is 20.2 Å². The van der Waals surface area contributed by atoms with Crippen molar-refractivity contribution in [2.45, 2.75) is 6.92 Å². The maximum Gasteiger partial charge on any atom is 0.220 e. The molecule has 7 heteroatoms. The number of rotatable bonds is 4. The monoisotopic (exact) mass is 926 g/mol. The molecule has 15 rings (SSSR count). The predicted octanol–water partition coefficient (Wildman–Crippen LogP) is 18.6. The van der Waals surface area contributed by atoms with Crippen molar-refractivity contribution in [2.24, 2.45) is 0 Å². The minimum atomic E-state index is 0.388. The molecule has 0 amide bonds. The summed E-state index contributed by atoms with van der Waals surface area (Å²) in [6.07, 6.45) is 0. The average molecular weight is 927 g/mol. The molecule has 0 atom stereocenters. The van der Waals surface area contributed by atoms with Crippen LogP contribution in [0.2, 0.25) is 0 Å². The van der Waals surface area contributed by atoms with Crippen molar-refractivity contribution in [2.75, 3.05) is 0 Å². The third-order valence-electron chi connectivity index (χ3n) is 14.4. The fourth-order valence-electron chi connectivity index (χ4n) is 11.5. The summed E-state index contributed by atoms with van der Waals surface area (Å²) in [7, 11) is 0. The van der Waals surface area contributed by atoms with Gasteiger partial charge in [0.25, 0.3) is 0 Å². The highest BCUT2D eigenvalue weighted by Gasteiger charge is 2.34. The Labute approximate surface area is 407 Å². The van der Waals surface area contributed by atoms with Crippen molar-refractivity contribution in [1.29, 1.82) is 5.26 Å². The lowest BCUT2D eigenvalue weighted by Crippen LogP contribution is -2.09. The van der Waals surface area contributed by atoms with Gasteiger partial charge in [-0.25, -0.2) is 4.85 Å². The number of hydrogen-bond donors (Lipinski definition) is 0. The third-order valence-corrected chi connectivity index (χ3v) is 16.8. The molecule has 0 saturated carbocycles. The van der Waals surface area contributed by atoms with Crippen LogP contribution in [0.4, 0.5) is 5.69 Å². The summed E-state index contributed by atoms with van der Waals surface area (Å²) in [6.45, 7) is 11.6. The van der Waals surface area contributed by atoms with Crippen molar-refractivity contribution in [3.63, 3.8) is 0 Å². The van der Waals surface area contributed by atoms with Crippen molar-refractivity contribution in [3.8, 4) is 39.7 Å². The molecule has 324 valence electrons. The number of aryl methyl sites for hydroxylation is 1. The minimum Gasteiger partial charge on any atom is -0.454 e. The van der Waals surface area contributed by atoms with Crippen LogP contribution in [0.1, 0.15) is 11.1 Å². The first-order valence-electron chi connectivity index (χ1n) is 23.3. The smallest absolute Gasteiger partial charge is 0.220 e. The standard InChI is InChI=1S/C63H34N4OS2/c1-35-25-32-49-47(33-35)43-28-31-45-39-20-10-13-23-51(39)69-62(45)58(43)66(49)56-48(34-64)53(36-15-5-3-6-16-36)55(65-2)60(54(56)37-17-7-4-8-18-37)67-57-41(26-29-44-38-19-9-12-22-50(38)68-61(44)57)42-27-30-46-40-21-11-14-24-52(40)70-63(46)59(42)67/h3-33H,1H3. The number of fused-ring (bicyclic) bond motifs is 18. The molecule has 5 aromatic heterocycles. The van der Waals surface area contributed by atoms with Crippen LogP contribution in [0, 0.1) is 24.8 Å². The number of para-hydroxylation sites is 1. The molecule has 0 saturated heterocycles. The number of thiophene rings is 2. The molecule has 10 aromatic carbocycles. The van der Waals surface area contributed by atoms with Gasteiger partial charge in [-0.1, -0.05) is 157 Å². The van der Waals surface area contributed by atoms with Crippen LogP contribution in [0.5, 0.6) is 0 Å². The Hall–Kier alpha value is -8.98. The van der Waals surface area contributed by atoms with Gasteiger partial charge in [-0.15, -0.1) is 22.7 Å². The molecule has 0 aliphatic heterocycles. The van der Waals surface area contributed by atoms with E-state index in [2.05, 4.69) is 166 Å². The van der Waals surface area contributed by atoms with Gasteiger partial charge >= 0.3 is 0 Å². The van der Waals surface area contributed by atoms with Crippen LogP contribution in [0.25, 0.3) is 144 Å². The lowest BCUT2D eigenvalue weighted by molar-refractivity contribution is 0.671. The van der Waals surface area contributed by atoms with Crippen LogP contribution >= 0.6 is 22.7 Å². The summed E-state index contributed by atoms with van der Waals surface area (Å²) >= 11 is 3.56. The van der Waals surface area contributed by atoms with Gasteiger partial charge in [-0.3, -0.25) is 0 Å². The third kappa shape index (κ3) is 5.17. The van der Waals surface area contributed by atoms with E-state index in [-0.39, 0.29) is 0 Å². The van der Waals surface area contributed by atoms with Crippen LogP contribution in [0.15, 0.2) is 192 Å². The Balaban J connectivity index is 1.27. The summed E-state index contributed by atoms with van der Waals surface area (Å²) in [6, 6.07) is 68.9. The van der Waals surface area contributed by atoms with Crippen LogP contribution in [-0.2, 0) is 0 Å². The van der Waals surface area contributed by atoms with Gasteiger partial charge in [-0.05, 0) is 54.4 Å². The van der Waals surface area contributed by atoms with E-state index in [1.54, 1.807) is 22.7 Å². The maximum atomic E-state index is 12.1. The summed E-state index contributed by atoms with van der Waals surface area (Å²) in [5, 5.41) is 23.1. The first kappa shape index (κ1) is 39.1. The fourth-order valence-corrected chi connectivity index (χ4v) is 14.0. The molecule has 0 aliphatic rings. The largest absolute Gasteiger partial charge is 0.454 e. The number of nitriles is 1. The second kappa shape index (κ2) is 14.5. The summed E-state index contributed by atoms with van der Waals surface area (Å²) < 4.78 is 16.4. The predicted molar refractivity (Wildman–Crippen MR) is 295 cm³/mol. The van der Waals surface area contributed by atoms with Gasteiger partial charge in [0, 0.05) is 74.4 Å². The molecule has 70 heavy (non-hydrogen) atoms. The van der Waals surface area contributed by atoms with E-state index in [1.807, 2.05) is 48.5 Å². The number of hydrogen-bond acceptors (Lipinski definition) is 4. The zero-order chi connectivity index (χ0) is 46.4. The SMILES string of the molecule is [C-]#[N+]c1c(-c2ccccc2)c(C#N)c(-n2c3ccc(C)cc3c3ccc4c5ccccc5sc4c32)c(-c2ccccc2)c1-n1c2c(ccc3c4ccccc4oc32)c2ccc3c4ccccc4sc3c21. The summed E-state index contributed by atoms with van der Waals surface area (Å²) in [4.78, 5) is 4.64. The Morgan fingerprint density at radius 1 is 0.486 bits per heavy atom. The van der Waals surface area contributed by atoms with Crippen molar-refractivity contribution >= 4 is 134 Å². The van der Waals surface area contributed by atoms with E-state index in [9.17, 15) is 11.8 Å². The molecular formula is C63H34N4OS2. The molecule has 0 unspecified atom stereocenters. The van der Waals surface area contributed by atoms with E-state index in [0.717, 1.165) is 114 Å². The van der Waals surface area contributed by atoms with Crippen molar-refractivity contribution < 1.29 is 4.42 Å². The first-order chi connectivity index (χ1) is 34.6. The van der Waals surface area contributed by atoms with Gasteiger partial charge in [0.1, 0.15) is 11.7 Å². The van der Waals surface area contributed by atoms with Crippen LogP contribution < -0.4 is 0 Å². The van der Waals surface area contributed by atoms with Gasteiger partial charge in [0.15, 0.2) is 5.58 Å². The van der Waals surface area contributed by atoms with Gasteiger partial charge in [0.05, 0.1) is 55.0 Å². The van der Waals surface area contributed by atoms with E-state index >= 15 is 0 Å². The number of nitrogens with zero attached hydrogens (tertiary/aromatic N) is 4. The number of aromatic nitrogens is 2. The van der Waals surface area contributed by atoms with E-state index < -0.39 is 0 Å². The Morgan fingerprint density at radius 3 is 1.66 bits per heavy atom. The van der Waals surface area contributed by atoms with Gasteiger partial charge in [-0.2, -0.15) is 5.26 Å². The minimum absolute atomic E-state index is 0.388. The van der Waals surface area contributed by atoms with Crippen LogP contribution in [-0.4, -0.2) is 9.13 Å². The second-order valence-electron chi connectivity index (χ2n) is 18.1. The highest BCUT2D eigenvalue weighted by atomic mass is 32.1. The zero-order valence-corrected chi connectivity index (χ0v) is 39.0. The highest BCUT2D eigenvalue weighted by molar-refractivity contribution is 7.27. The van der Waals surface area contributed by atoms with Crippen molar-refractivity contribution in [1.82, 2.24) is 9.13 Å². The molecule has 0 N–H and O–H groups in total. The average Bonchev–Trinajstić information content (AvgIpc) is 4.23. The molecule has 0 fully saturated rings. The van der Waals surface area contributed by atoms with E-state index in [4.69, 9.17) is 4.42 Å². The maximum absolute atomic E-state index is 12.1. The van der Waals surface area contributed by atoms with Crippen LogP contribution in [0.3, 0.4) is 0 Å². The number of benzene rings is 10. The van der Waals surface area contributed by atoms with Crippen molar-refractivity contribution in [3.05, 3.63) is 211 Å². The van der Waals surface area contributed by atoms with E-state index in [0.29, 0.717) is 22.5 Å². The lowest BCUT2D eigenvalue weighted by atomic mass is 9.88. The molecular weight excluding hydrogens is 893 g/mol. The summed E-state index contributed by atoms with van der Waals surface area (Å²) in [5.41, 5.74) is 11.8.